The van der Waals surface area contributed by atoms with Crippen LogP contribution in [0.3, 0.4) is 0 Å². The Labute approximate surface area is 114 Å². The number of rotatable bonds is 6. The number of benzene rings is 2. The maximum Gasteiger partial charge on any atom is 0.0379 e. The zero-order valence-electron chi connectivity index (χ0n) is 10.8. The second kappa shape index (κ2) is 7.77. The van der Waals surface area contributed by atoms with Crippen LogP contribution in [0.5, 0.6) is 0 Å². The monoisotopic (exact) mass is 250 g/mol. The molecule has 0 unspecified atom stereocenters. The molecule has 19 heavy (non-hydrogen) atoms. The standard InChI is InChI=1S/C17H18N2/c1-4-10-16(11-5-1)18-14-8-3-9-15-19-17-12-6-2-7-13-17/h1-14,18-19H,15H2. The molecule has 2 nitrogen and oxygen atoms in total. The van der Waals surface area contributed by atoms with Gasteiger partial charge in [-0.3, -0.25) is 0 Å². The first-order valence-corrected chi connectivity index (χ1v) is 6.37. The zero-order valence-corrected chi connectivity index (χ0v) is 10.8. The molecule has 0 aliphatic carbocycles. The summed E-state index contributed by atoms with van der Waals surface area (Å²) in [6.45, 7) is 0.819. The zero-order chi connectivity index (χ0) is 13.2. The van der Waals surface area contributed by atoms with Gasteiger partial charge in [-0.15, -0.1) is 0 Å². The number of hydrogen-bond acceptors (Lipinski definition) is 2. The largest absolute Gasteiger partial charge is 0.382 e. The van der Waals surface area contributed by atoms with Crippen molar-refractivity contribution in [2.75, 3.05) is 17.2 Å². The van der Waals surface area contributed by atoms with Gasteiger partial charge >= 0.3 is 0 Å². The topological polar surface area (TPSA) is 24.1 Å². The molecule has 0 radical (unpaired) electrons. The van der Waals surface area contributed by atoms with Crippen molar-refractivity contribution in [2.24, 2.45) is 0 Å². The highest BCUT2D eigenvalue weighted by Gasteiger charge is 1.84. The summed E-state index contributed by atoms with van der Waals surface area (Å²) in [5.74, 6) is 0. The molecule has 0 aliphatic rings. The van der Waals surface area contributed by atoms with Crippen LogP contribution in [0.25, 0.3) is 0 Å². The van der Waals surface area contributed by atoms with Crippen LogP contribution in [0.4, 0.5) is 11.4 Å². The van der Waals surface area contributed by atoms with Crippen molar-refractivity contribution in [3.8, 4) is 0 Å². The quantitative estimate of drug-likeness (QED) is 0.748. The fourth-order valence-corrected chi connectivity index (χ4v) is 1.61. The van der Waals surface area contributed by atoms with E-state index in [1.54, 1.807) is 0 Å². The van der Waals surface area contributed by atoms with Gasteiger partial charge in [0.05, 0.1) is 0 Å². The molecule has 0 spiro atoms. The Morgan fingerprint density at radius 3 is 2.05 bits per heavy atom. The lowest BCUT2D eigenvalue weighted by Crippen LogP contribution is -1.96. The Kier molecular flexibility index (Phi) is 5.30. The highest BCUT2D eigenvalue weighted by Crippen LogP contribution is 2.05. The van der Waals surface area contributed by atoms with Crippen LogP contribution >= 0.6 is 0 Å². The SMILES string of the molecule is C(C=CNc1ccccc1)=CCNc1ccccc1. The molecule has 0 atom stereocenters. The highest BCUT2D eigenvalue weighted by atomic mass is 14.9. The summed E-state index contributed by atoms with van der Waals surface area (Å²) in [5.41, 5.74) is 2.23. The van der Waals surface area contributed by atoms with Gasteiger partial charge in [0.15, 0.2) is 0 Å². The van der Waals surface area contributed by atoms with Gasteiger partial charge in [0.25, 0.3) is 0 Å². The normalized spacial score (nSPS) is 10.9. The van der Waals surface area contributed by atoms with Crippen LogP contribution in [-0.2, 0) is 0 Å². The van der Waals surface area contributed by atoms with Crippen LogP contribution in [0.15, 0.2) is 85.1 Å². The van der Waals surface area contributed by atoms with Crippen molar-refractivity contribution in [3.63, 3.8) is 0 Å². The Hall–Kier alpha value is -2.48. The van der Waals surface area contributed by atoms with E-state index in [-0.39, 0.29) is 0 Å². The number of para-hydroxylation sites is 2. The van der Waals surface area contributed by atoms with Gasteiger partial charge in [-0.25, -0.2) is 0 Å². The van der Waals surface area contributed by atoms with Gasteiger partial charge in [-0.1, -0.05) is 48.6 Å². The van der Waals surface area contributed by atoms with Gasteiger partial charge in [0.2, 0.25) is 0 Å². The second-order valence-corrected chi connectivity index (χ2v) is 4.04. The molecular weight excluding hydrogens is 232 g/mol. The van der Waals surface area contributed by atoms with E-state index in [0.29, 0.717) is 0 Å². The Morgan fingerprint density at radius 2 is 1.37 bits per heavy atom. The van der Waals surface area contributed by atoms with Crippen molar-refractivity contribution in [1.82, 2.24) is 0 Å². The van der Waals surface area contributed by atoms with Crippen molar-refractivity contribution in [3.05, 3.63) is 85.1 Å². The van der Waals surface area contributed by atoms with E-state index in [4.69, 9.17) is 0 Å². The van der Waals surface area contributed by atoms with Gasteiger partial charge < -0.3 is 10.6 Å². The molecule has 2 N–H and O–H groups in total. The van der Waals surface area contributed by atoms with E-state index in [2.05, 4.69) is 28.8 Å². The Balaban J connectivity index is 1.66. The van der Waals surface area contributed by atoms with Crippen LogP contribution in [0.1, 0.15) is 0 Å². The van der Waals surface area contributed by atoms with Crippen molar-refractivity contribution in [1.29, 1.82) is 0 Å². The predicted octanol–water partition coefficient (Wildman–Crippen LogP) is 4.28. The molecule has 2 heteroatoms. The first-order valence-electron chi connectivity index (χ1n) is 6.37. The summed E-state index contributed by atoms with van der Waals surface area (Å²) in [4.78, 5) is 0. The molecule has 2 rings (SSSR count). The molecule has 0 saturated carbocycles. The summed E-state index contributed by atoms with van der Waals surface area (Å²) in [5, 5.41) is 6.51. The maximum atomic E-state index is 3.31. The van der Waals surface area contributed by atoms with E-state index in [0.717, 1.165) is 17.9 Å². The molecule has 0 aliphatic heterocycles. The molecular formula is C17H18N2. The second-order valence-electron chi connectivity index (χ2n) is 4.04. The number of allylic oxidation sites excluding steroid dienone is 2. The lowest BCUT2D eigenvalue weighted by Gasteiger charge is -2.01. The van der Waals surface area contributed by atoms with E-state index in [1.807, 2.05) is 66.9 Å². The molecule has 0 amide bonds. The number of hydrogen-bond donors (Lipinski definition) is 2. The Morgan fingerprint density at radius 1 is 0.737 bits per heavy atom. The molecule has 0 fully saturated rings. The van der Waals surface area contributed by atoms with E-state index in [9.17, 15) is 0 Å². The summed E-state index contributed by atoms with van der Waals surface area (Å²) in [6.07, 6.45) is 8.01. The average molecular weight is 250 g/mol. The minimum absolute atomic E-state index is 0.819. The molecule has 0 bridgehead atoms. The van der Waals surface area contributed by atoms with E-state index < -0.39 is 0 Å². The highest BCUT2D eigenvalue weighted by molar-refractivity contribution is 5.45. The van der Waals surface area contributed by atoms with E-state index in [1.165, 1.54) is 0 Å². The summed E-state index contributed by atoms with van der Waals surface area (Å²) < 4.78 is 0. The third kappa shape index (κ3) is 5.13. The molecule has 0 aromatic heterocycles. The Bertz CT molecular complexity index is 515. The van der Waals surface area contributed by atoms with Gasteiger partial charge in [-0.05, 0) is 30.3 Å². The van der Waals surface area contributed by atoms with Crippen molar-refractivity contribution < 1.29 is 0 Å². The van der Waals surface area contributed by atoms with Crippen LogP contribution in [0.2, 0.25) is 0 Å². The molecule has 96 valence electrons. The lowest BCUT2D eigenvalue weighted by molar-refractivity contribution is 1.33. The third-order valence-corrected chi connectivity index (χ3v) is 2.57. The molecule has 0 saturated heterocycles. The minimum atomic E-state index is 0.819. The first kappa shape index (κ1) is 13.0. The molecule has 0 heterocycles. The van der Waals surface area contributed by atoms with Crippen molar-refractivity contribution in [2.45, 2.75) is 0 Å². The van der Waals surface area contributed by atoms with Crippen LogP contribution < -0.4 is 10.6 Å². The third-order valence-electron chi connectivity index (χ3n) is 2.57. The van der Waals surface area contributed by atoms with Gasteiger partial charge in [0.1, 0.15) is 0 Å². The summed E-state index contributed by atoms with van der Waals surface area (Å²) in [6, 6.07) is 20.3. The summed E-state index contributed by atoms with van der Waals surface area (Å²) in [7, 11) is 0. The molecule has 2 aromatic rings. The molecule has 2 aromatic carbocycles. The van der Waals surface area contributed by atoms with E-state index >= 15 is 0 Å². The van der Waals surface area contributed by atoms with Gasteiger partial charge in [0, 0.05) is 24.1 Å². The fourth-order valence-electron chi connectivity index (χ4n) is 1.61. The average Bonchev–Trinajstić information content (AvgIpc) is 2.48. The number of anilines is 2. The summed E-state index contributed by atoms with van der Waals surface area (Å²) >= 11 is 0. The van der Waals surface area contributed by atoms with Crippen LogP contribution in [0, 0.1) is 0 Å². The van der Waals surface area contributed by atoms with Crippen LogP contribution in [-0.4, -0.2) is 6.54 Å². The van der Waals surface area contributed by atoms with Gasteiger partial charge in [-0.2, -0.15) is 0 Å². The lowest BCUT2D eigenvalue weighted by atomic mass is 10.3. The minimum Gasteiger partial charge on any atom is -0.382 e. The maximum absolute atomic E-state index is 3.31. The fraction of sp³-hybridized carbons (Fsp3) is 0.0588. The smallest absolute Gasteiger partial charge is 0.0379 e. The predicted molar refractivity (Wildman–Crippen MR) is 83.3 cm³/mol. The van der Waals surface area contributed by atoms with Crippen molar-refractivity contribution >= 4 is 11.4 Å². The number of nitrogens with one attached hydrogen (secondary N) is 2. The first-order chi connectivity index (χ1) is 9.45.